The Morgan fingerprint density at radius 3 is 2.50 bits per heavy atom. The van der Waals surface area contributed by atoms with E-state index >= 15 is 0 Å². The molecule has 3 aromatic rings. The van der Waals surface area contributed by atoms with Crippen LogP contribution in [0.4, 0.5) is 0 Å². The van der Waals surface area contributed by atoms with E-state index in [1.165, 1.54) is 26.1 Å². The molecule has 1 N–H and O–H groups in total. The molecular formula is C31H38BN3O6S. The molecule has 2 aliphatic rings. The third-order valence-corrected chi connectivity index (χ3v) is 10.2. The number of carbonyl (C=O) groups is 2. The third kappa shape index (κ3) is 5.68. The molecule has 1 aromatic heterocycles. The van der Waals surface area contributed by atoms with Crippen molar-refractivity contribution in [2.24, 2.45) is 5.41 Å². The largest absolute Gasteiger partial charge is 0.497 e. The van der Waals surface area contributed by atoms with Crippen LogP contribution < -0.4 is 14.9 Å². The fourth-order valence-corrected chi connectivity index (χ4v) is 6.87. The van der Waals surface area contributed by atoms with E-state index in [-0.39, 0.29) is 24.1 Å². The lowest BCUT2D eigenvalue weighted by Crippen LogP contribution is -2.39. The summed E-state index contributed by atoms with van der Waals surface area (Å²) in [7, 11) is 6.73. The van der Waals surface area contributed by atoms with Gasteiger partial charge in [0.05, 0.1) is 19.1 Å². The molecule has 0 bridgehead atoms. The zero-order valence-corrected chi connectivity index (χ0v) is 25.5. The molecule has 5 rings (SSSR count). The summed E-state index contributed by atoms with van der Waals surface area (Å²) in [4.78, 5) is 26.6. The van der Waals surface area contributed by atoms with E-state index < -0.39 is 21.5 Å². The maximum absolute atomic E-state index is 13.6. The van der Waals surface area contributed by atoms with Gasteiger partial charge in [-0.15, -0.1) is 0 Å². The summed E-state index contributed by atoms with van der Waals surface area (Å²) in [6.07, 6.45) is 8.36. The molecule has 9 nitrogen and oxygen atoms in total. The van der Waals surface area contributed by atoms with Crippen molar-refractivity contribution in [3.05, 3.63) is 59.3 Å². The molecule has 11 heteroatoms. The van der Waals surface area contributed by atoms with Crippen molar-refractivity contribution in [3.63, 3.8) is 0 Å². The molecule has 222 valence electrons. The van der Waals surface area contributed by atoms with Crippen molar-refractivity contribution in [3.8, 4) is 5.75 Å². The van der Waals surface area contributed by atoms with Crippen LogP contribution in [0.2, 0.25) is 0 Å². The normalized spacial score (nSPS) is 20.9. The van der Waals surface area contributed by atoms with Crippen LogP contribution in [0.1, 0.15) is 78.8 Å². The number of aromatic nitrogens is 1. The second kappa shape index (κ2) is 11.8. The first kappa shape index (κ1) is 30.2. The zero-order chi connectivity index (χ0) is 30.2. The number of carbonyl (C=O) groups excluding carboxylic acids is 2. The van der Waals surface area contributed by atoms with Crippen molar-refractivity contribution in [2.45, 2.75) is 63.8 Å². The second-order valence-electron chi connectivity index (χ2n) is 11.6. The number of methoxy groups -OCH3 is 1. The number of nitrogens with one attached hydrogen (secondary N) is 1. The van der Waals surface area contributed by atoms with Gasteiger partial charge in [0.25, 0.3) is 5.91 Å². The molecule has 0 saturated heterocycles. The zero-order valence-electron chi connectivity index (χ0n) is 24.7. The standard InChI is InChI=1S/C31H38BN3O6S/c1-5-41-30(37)31(17-26(31)24-16-22(40-4)12-14-27(24)32)19-35-18-25(20-9-7-6-8-10-20)23-13-11-21(15-28(23)35)29(36)33-42(38,39)34(2)3/h11-16,18,20,26H,5-10,17,19H2,1-4H3,(H,33,36)/t26-,31-/m0/s1. The fraction of sp³-hybridized carbons (Fsp3) is 0.484. The van der Waals surface area contributed by atoms with Gasteiger partial charge in [-0.25, -0.2) is 4.72 Å². The molecule has 0 spiro atoms. The highest BCUT2D eigenvalue weighted by Crippen LogP contribution is 2.61. The second-order valence-corrected chi connectivity index (χ2v) is 13.5. The fourth-order valence-electron chi connectivity index (χ4n) is 6.34. The van der Waals surface area contributed by atoms with Gasteiger partial charge >= 0.3 is 16.2 Å². The SMILES string of the molecule is [B]c1ccc(OC)cc1[C@@H]1C[C@@]1(Cn1cc(C2CCCCC2)c2ccc(C(=O)NS(=O)(=O)N(C)C)cc21)C(=O)OCC. The van der Waals surface area contributed by atoms with Crippen LogP contribution in [0.15, 0.2) is 42.6 Å². The van der Waals surface area contributed by atoms with Crippen molar-refractivity contribution < 1.29 is 27.5 Å². The summed E-state index contributed by atoms with van der Waals surface area (Å²) in [5.41, 5.74) is 2.78. The first-order valence-electron chi connectivity index (χ1n) is 14.5. The van der Waals surface area contributed by atoms with E-state index in [1.807, 2.05) is 16.7 Å². The summed E-state index contributed by atoms with van der Waals surface area (Å²) in [5, 5.41) is 1.01. The van der Waals surface area contributed by atoms with Crippen molar-refractivity contribution in [1.29, 1.82) is 0 Å². The number of amides is 1. The molecule has 42 heavy (non-hydrogen) atoms. The minimum atomic E-state index is -3.96. The van der Waals surface area contributed by atoms with Gasteiger partial charge in [-0.2, -0.15) is 12.7 Å². The van der Waals surface area contributed by atoms with Crippen LogP contribution in [0.25, 0.3) is 10.9 Å². The number of hydrogen-bond acceptors (Lipinski definition) is 6. The van der Waals surface area contributed by atoms with Gasteiger partial charge in [-0.05, 0) is 67.5 Å². The van der Waals surface area contributed by atoms with Crippen molar-refractivity contribution in [2.75, 3.05) is 27.8 Å². The molecule has 2 aliphatic carbocycles. The average Bonchev–Trinajstić information content (AvgIpc) is 3.59. The van der Waals surface area contributed by atoms with Gasteiger partial charge in [0.15, 0.2) is 0 Å². The predicted molar refractivity (Wildman–Crippen MR) is 163 cm³/mol. The molecule has 2 atom stereocenters. The Morgan fingerprint density at radius 2 is 1.83 bits per heavy atom. The van der Waals surface area contributed by atoms with Crippen molar-refractivity contribution in [1.82, 2.24) is 13.6 Å². The molecule has 0 unspecified atom stereocenters. The highest BCUT2D eigenvalue weighted by atomic mass is 32.2. The van der Waals surface area contributed by atoms with Gasteiger partial charge in [0.1, 0.15) is 13.6 Å². The van der Waals surface area contributed by atoms with Crippen LogP contribution >= 0.6 is 0 Å². The number of esters is 1. The molecule has 2 radical (unpaired) electrons. The quantitative estimate of drug-likeness (QED) is 0.284. The van der Waals surface area contributed by atoms with Gasteiger partial charge in [-0.3, -0.25) is 9.59 Å². The van der Waals surface area contributed by atoms with E-state index in [0.29, 0.717) is 30.1 Å². The summed E-state index contributed by atoms with van der Waals surface area (Å²) in [5.74, 6) is -0.133. The predicted octanol–water partition coefficient (Wildman–Crippen LogP) is 3.76. The monoisotopic (exact) mass is 591 g/mol. The van der Waals surface area contributed by atoms with E-state index in [9.17, 15) is 18.0 Å². The summed E-state index contributed by atoms with van der Waals surface area (Å²) >= 11 is 0. The first-order chi connectivity index (χ1) is 20.0. The Bertz CT molecular complexity index is 1610. The van der Waals surface area contributed by atoms with E-state index in [1.54, 1.807) is 38.3 Å². The number of benzene rings is 2. The molecule has 1 heterocycles. The lowest BCUT2D eigenvalue weighted by atomic mass is 9.84. The Labute approximate surface area is 249 Å². The Hall–Kier alpha value is -3.31. The molecule has 1 amide bonds. The van der Waals surface area contributed by atoms with E-state index in [2.05, 4.69) is 10.9 Å². The van der Waals surface area contributed by atoms with Crippen LogP contribution in [0.3, 0.4) is 0 Å². The number of rotatable bonds is 10. The number of nitrogens with zero attached hydrogens (tertiary/aromatic N) is 2. The average molecular weight is 592 g/mol. The molecule has 2 fully saturated rings. The number of hydrogen-bond donors (Lipinski definition) is 1. The van der Waals surface area contributed by atoms with Gasteiger partial charge in [-0.1, -0.05) is 36.9 Å². The maximum Gasteiger partial charge on any atom is 0.314 e. The lowest BCUT2D eigenvalue weighted by molar-refractivity contribution is -0.150. The maximum atomic E-state index is 13.6. The lowest BCUT2D eigenvalue weighted by Gasteiger charge is -2.21. The molecule has 2 aromatic carbocycles. The first-order valence-corrected chi connectivity index (χ1v) is 15.9. The van der Waals surface area contributed by atoms with Gasteiger partial charge < -0.3 is 14.0 Å². The van der Waals surface area contributed by atoms with E-state index in [0.717, 1.165) is 46.5 Å². The third-order valence-electron chi connectivity index (χ3n) is 8.80. The van der Waals surface area contributed by atoms with Crippen molar-refractivity contribution >= 4 is 46.3 Å². The van der Waals surface area contributed by atoms with Crippen LogP contribution in [-0.2, 0) is 26.3 Å². The Balaban J connectivity index is 1.58. The summed E-state index contributed by atoms with van der Waals surface area (Å²) < 4.78 is 40.9. The highest BCUT2D eigenvalue weighted by molar-refractivity contribution is 7.87. The highest BCUT2D eigenvalue weighted by Gasteiger charge is 2.62. The molecular weight excluding hydrogens is 553 g/mol. The number of ether oxygens (including phenoxy) is 2. The molecule has 0 aliphatic heterocycles. The number of fused-ring (bicyclic) bond motifs is 1. The Morgan fingerprint density at radius 1 is 1.10 bits per heavy atom. The van der Waals surface area contributed by atoms with Gasteiger partial charge in [0.2, 0.25) is 0 Å². The minimum Gasteiger partial charge on any atom is -0.497 e. The minimum absolute atomic E-state index is 0.168. The van der Waals surface area contributed by atoms with Crippen LogP contribution in [-0.4, -0.2) is 64.8 Å². The summed E-state index contributed by atoms with van der Waals surface area (Å²) in [6, 6.07) is 10.8. The topological polar surface area (TPSA) is 107 Å². The van der Waals surface area contributed by atoms with Crippen LogP contribution in [0.5, 0.6) is 5.75 Å². The Kier molecular flexibility index (Phi) is 8.45. The van der Waals surface area contributed by atoms with E-state index in [4.69, 9.17) is 17.3 Å². The van der Waals surface area contributed by atoms with Crippen LogP contribution in [0, 0.1) is 5.41 Å². The van der Waals surface area contributed by atoms with Gasteiger partial charge in [0, 0.05) is 49.2 Å². The smallest absolute Gasteiger partial charge is 0.314 e. The molecule has 2 saturated carbocycles. The summed E-state index contributed by atoms with van der Waals surface area (Å²) in [6.45, 7) is 2.38.